The van der Waals surface area contributed by atoms with Crippen LogP contribution in [0.3, 0.4) is 0 Å². The zero-order valence-electron chi connectivity index (χ0n) is 8.46. The Hall–Kier alpha value is 0.0400. The molecule has 1 amide bonds. The van der Waals surface area contributed by atoms with Gasteiger partial charge in [-0.25, -0.2) is 0 Å². The average molecular weight is 217 g/mol. The molecule has 0 N–H and O–H groups in total. The molecule has 2 nitrogen and oxygen atoms in total. The topological polar surface area (TPSA) is 29.4 Å². The minimum absolute atomic E-state index is 0.0310. The summed E-state index contributed by atoms with van der Waals surface area (Å²) in [7, 11) is 0. The Morgan fingerprint density at radius 1 is 1.62 bits per heavy atom. The minimum Gasteiger partial charge on any atom is -0.271 e. The van der Waals surface area contributed by atoms with Crippen molar-refractivity contribution in [3.8, 4) is 0 Å². The zero-order chi connectivity index (χ0) is 10.1. The lowest BCUT2D eigenvalue weighted by Gasteiger charge is -2.23. The number of aliphatic imine (C=N–C) groups is 1. The summed E-state index contributed by atoms with van der Waals surface area (Å²) in [5.74, 6) is 1.35. The van der Waals surface area contributed by atoms with Gasteiger partial charge in [0, 0.05) is 0 Å². The van der Waals surface area contributed by atoms with Gasteiger partial charge < -0.3 is 0 Å². The summed E-state index contributed by atoms with van der Waals surface area (Å²) in [6.45, 7) is 8.20. The van der Waals surface area contributed by atoms with Crippen LogP contribution >= 0.6 is 23.5 Å². The van der Waals surface area contributed by atoms with Crippen LogP contribution in [-0.2, 0) is 4.79 Å². The second kappa shape index (κ2) is 4.05. The third-order valence-corrected chi connectivity index (χ3v) is 4.85. The number of nitrogens with zero attached hydrogens (tertiary/aromatic N) is 1. The Morgan fingerprint density at radius 3 is 2.62 bits per heavy atom. The van der Waals surface area contributed by atoms with Crippen molar-refractivity contribution < 1.29 is 4.79 Å². The zero-order valence-corrected chi connectivity index (χ0v) is 10.1. The molecule has 0 bridgehead atoms. The second-order valence-electron chi connectivity index (χ2n) is 3.48. The van der Waals surface area contributed by atoms with Crippen molar-refractivity contribution in [2.24, 2.45) is 10.9 Å². The fourth-order valence-electron chi connectivity index (χ4n) is 0.992. The number of carbonyl (C=O) groups excluding carboxylic acids is 1. The molecule has 0 aliphatic carbocycles. The summed E-state index contributed by atoms with van der Waals surface area (Å²) in [6, 6.07) is 0. The highest BCUT2D eigenvalue weighted by Crippen LogP contribution is 2.42. The Kier molecular flexibility index (Phi) is 3.46. The van der Waals surface area contributed by atoms with E-state index in [2.05, 4.69) is 25.8 Å². The molecular weight excluding hydrogens is 202 g/mol. The third-order valence-electron chi connectivity index (χ3n) is 2.29. The van der Waals surface area contributed by atoms with Crippen molar-refractivity contribution in [1.29, 1.82) is 0 Å². The number of rotatable bonds is 2. The smallest absolute Gasteiger partial charge is 0.263 e. The van der Waals surface area contributed by atoms with Gasteiger partial charge in [0.25, 0.3) is 5.91 Å². The van der Waals surface area contributed by atoms with E-state index in [1.807, 2.05) is 6.92 Å². The largest absolute Gasteiger partial charge is 0.271 e. The lowest BCUT2D eigenvalue weighted by Crippen LogP contribution is -2.33. The summed E-state index contributed by atoms with van der Waals surface area (Å²) < 4.78 is 0.612. The summed E-state index contributed by atoms with van der Waals surface area (Å²) in [5, 5.41) is 0. The monoisotopic (exact) mass is 217 g/mol. The first-order chi connectivity index (χ1) is 6.00. The number of amides is 1. The van der Waals surface area contributed by atoms with Crippen molar-refractivity contribution in [2.45, 2.75) is 32.4 Å². The molecule has 0 aromatic rings. The summed E-state index contributed by atoms with van der Waals surface area (Å²) >= 11 is 3.27. The van der Waals surface area contributed by atoms with E-state index in [4.69, 9.17) is 0 Å². The average Bonchev–Trinajstić information content (AvgIpc) is 2.29. The van der Waals surface area contributed by atoms with Crippen LogP contribution < -0.4 is 0 Å². The van der Waals surface area contributed by atoms with Crippen LogP contribution in [-0.4, -0.2) is 20.8 Å². The molecule has 13 heavy (non-hydrogen) atoms. The summed E-state index contributed by atoms with van der Waals surface area (Å²) in [6.07, 6.45) is 0. The standard InChI is InChI=1S/C9H15NOS2/c1-5-12-8-10-7(11)9(4,13-8)6(2)3/h6H,5H2,1-4H3/t9-/m0/s1. The highest BCUT2D eigenvalue weighted by molar-refractivity contribution is 8.40. The van der Waals surface area contributed by atoms with Gasteiger partial charge in [-0.3, -0.25) is 4.79 Å². The Morgan fingerprint density at radius 2 is 2.23 bits per heavy atom. The summed E-state index contributed by atoms with van der Waals surface area (Å²) in [4.78, 5) is 15.7. The van der Waals surface area contributed by atoms with Gasteiger partial charge in [-0.2, -0.15) is 4.99 Å². The van der Waals surface area contributed by atoms with Gasteiger partial charge in [-0.15, -0.1) is 0 Å². The summed E-state index contributed by atoms with van der Waals surface area (Å²) in [5.41, 5.74) is 0. The number of hydrogen-bond acceptors (Lipinski definition) is 3. The predicted molar refractivity (Wildman–Crippen MR) is 61.4 cm³/mol. The molecule has 0 aromatic carbocycles. The molecule has 1 aliphatic heterocycles. The van der Waals surface area contributed by atoms with Gasteiger partial charge in [0.05, 0.1) is 0 Å². The van der Waals surface area contributed by atoms with Gasteiger partial charge in [0.1, 0.15) is 9.12 Å². The SMILES string of the molecule is CCSC1=NC(=O)[C@](C)(C(C)C)S1. The fourth-order valence-corrected chi connectivity index (χ4v) is 3.35. The number of thioether (sulfide) groups is 2. The predicted octanol–water partition coefficient (Wildman–Crippen LogP) is 2.78. The highest BCUT2D eigenvalue weighted by atomic mass is 32.2. The van der Waals surface area contributed by atoms with Crippen LogP contribution in [0.15, 0.2) is 4.99 Å². The van der Waals surface area contributed by atoms with Crippen molar-refractivity contribution in [2.75, 3.05) is 5.75 Å². The molecule has 0 aromatic heterocycles. The van der Waals surface area contributed by atoms with Crippen molar-refractivity contribution in [3.63, 3.8) is 0 Å². The lowest BCUT2D eigenvalue weighted by atomic mass is 9.96. The molecule has 0 saturated heterocycles. The van der Waals surface area contributed by atoms with Gasteiger partial charge in [0.15, 0.2) is 0 Å². The molecule has 0 fully saturated rings. The van der Waals surface area contributed by atoms with Crippen LogP contribution in [0.2, 0.25) is 0 Å². The molecule has 0 spiro atoms. The van der Waals surface area contributed by atoms with Crippen LogP contribution in [0.4, 0.5) is 0 Å². The van der Waals surface area contributed by atoms with Crippen molar-refractivity contribution in [3.05, 3.63) is 0 Å². The van der Waals surface area contributed by atoms with Crippen LogP contribution in [0, 0.1) is 5.92 Å². The van der Waals surface area contributed by atoms with Crippen LogP contribution in [0.5, 0.6) is 0 Å². The first kappa shape index (κ1) is 11.1. The van der Waals surface area contributed by atoms with E-state index in [0.29, 0.717) is 5.92 Å². The molecule has 1 aliphatic rings. The molecule has 1 heterocycles. The fraction of sp³-hybridized carbons (Fsp3) is 0.778. The molecule has 74 valence electrons. The molecular formula is C9H15NOS2. The first-order valence-electron chi connectivity index (χ1n) is 4.45. The third kappa shape index (κ3) is 2.10. The van der Waals surface area contributed by atoms with E-state index in [1.54, 1.807) is 23.5 Å². The van der Waals surface area contributed by atoms with E-state index in [-0.39, 0.29) is 10.7 Å². The molecule has 1 atom stereocenters. The van der Waals surface area contributed by atoms with E-state index < -0.39 is 0 Å². The lowest BCUT2D eigenvalue weighted by molar-refractivity contribution is -0.120. The Balaban J connectivity index is 2.74. The normalized spacial score (nSPS) is 28.4. The molecule has 4 heteroatoms. The maximum absolute atomic E-state index is 11.6. The highest BCUT2D eigenvalue weighted by Gasteiger charge is 2.43. The maximum Gasteiger partial charge on any atom is 0.263 e. The van der Waals surface area contributed by atoms with Crippen LogP contribution in [0.1, 0.15) is 27.7 Å². The Labute approximate surface area is 88.0 Å². The molecule has 0 radical (unpaired) electrons. The maximum atomic E-state index is 11.6. The van der Waals surface area contributed by atoms with Gasteiger partial charge >= 0.3 is 0 Å². The van der Waals surface area contributed by atoms with Gasteiger partial charge in [-0.05, 0) is 18.6 Å². The van der Waals surface area contributed by atoms with E-state index in [9.17, 15) is 4.79 Å². The van der Waals surface area contributed by atoms with Gasteiger partial charge in [-0.1, -0.05) is 44.3 Å². The van der Waals surface area contributed by atoms with E-state index >= 15 is 0 Å². The first-order valence-corrected chi connectivity index (χ1v) is 6.25. The van der Waals surface area contributed by atoms with Crippen molar-refractivity contribution in [1.82, 2.24) is 0 Å². The van der Waals surface area contributed by atoms with Crippen LogP contribution in [0.25, 0.3) is 0 Å². The molecule has 0 saturated carbocycles. The molecule has 0 unspecified atom stereocenters. The van der Waals surface area contributed by atoms with E-state index in [1.165, 1.54) is 0 Å². The van der Waals surface area contributed by atoms with Gasteiger partial charge in [0.2, 0.25) is 0 Å². The van der Waals surface area contributed by atoms with Crippen molar-refractivity contribution >= 4 is 33.8 Å². The number of hydrogen-bond donors (Lipinski definition) is 0. The minimum atomic E-state index is -0.322. The number of carbonyl (C=O) groups is 1. The molecule has 1 rings (SSSR count). The quantitative estimate of drug-likeness (QED) is 0.712. The Bertz CT molecular complexity index is 250. The second-order valence-corrected chi connectivity index (χ2v) is 6.43. The van der Waals surface area contributed by atoms with E-state index in [0.717, 1.165) is 10.1 Å².